The molecule has 2 aromatic rings. The molecule has 2 unspecified atom stereocenters. The van der Waals surface area contributed by atoms with Gasteiger partial charge in [0.05, 0.1) is 18.2 Å². The van der Waals surface area contributed by atoms with E-state index in [1.54, 1.807) is 0 Å². The highest BCUT2D eigenvalue weighted by atomic mass is 32.1. The molecule has 1 aromatic carbocycles. The van der Waals surface area contributed by atoms with Crippen LogP contribution in [0, 0.1) is 5.92 Å². The highest BCUT2D eigenvalue weighted by Gasteiger charge is 2.34. The number of nitrogens with one attached hydrogen (secondary N) is 1. The fraction of sp³-hybridized carbons (Fsp3) is 0.500. The van der Waals surface area contributed by atoms with Gasteiger partial charge in [-0.15, -0.1) is 11.3 Å². The van der Waals surface area contributed by atoms with Crippen LogP contribution in [0.3, 0.4) is 0 Å². The van der Waals surface area contributed by atoms with E-state index in [4.69, 9.17) is 9.47 Å². The number of cyclic esters (lactones) is 1. The molecular formula is C22H29N3O3S. The molecule has 1 aliphatic rings. The maximum atomic E-state index is 12.1. The molecule has 2 atom stereocenters. The molecule has 0 spiro atoms. The van der Waals surface area contributed by atoms with Crippen molar-refractivity contribution in [1.82, 2.24) is 4.98 Å². The maximum Gasteiger partial charge on any atom is 0.309 e. The highest BCUT2D eigenvalue weighted by molar-refractivity contribution is 7.14. The van der Waals surface area contributed by atoms with Gasteiger partial charge >= 0.3 is 5.97 Å². The lowest BCUT2D eigenvalue weighted by Crippen LogP contribution is -2.15. The smallest absolute Gasteiger partial charge is 0.309 e. The van der Waals surface area contributed by atoms with Gasteiger partial charge in [-0.05, 0) is 13.3 Å². The van der Waals surface area contributed by atoms with E-state index in [2.05, 4.69) is 22.4 Å². The molecule has 29 heavy (non-hydrogen) atoms. The molecule has 1 aromatic heterocycles. The molecule has 7 heteroatoms. The number of esters is 1. The minimum atomic E-state index is -0.152. The summed E-state index contributed by atoms with van der Waals surface area (Å²) in [6.45, 7) is 5.30. The first-order valence-electron chi connectivity index (χ1n) is 10.2. The lowest BCUT2D eigenvalue weighted by Gasteiger charge is -2.09. The molecule has 1 saturated heterocycles. The van der Waals surface area contributed by atoms with Crippen molar-refractivity contribution in [2.75, 3.05) is 18.6 Å². The molecule has 1 N–H and O–H groups in total. The van der Waals surface area contributed by atoms with Crippen molar-refractivity contribution in [2.45, 2.75) is 52.1 Å². The SMILES string of the molecule is CCCCCOCC1CC(CC(C)=NNc2nc(-c3ccccc3)cs2)C(=O)O1. The average molecular weight is 416 g/mol. The van der Waals surface area contributed by atoms with Gasteiger partial charge in [-0.25, -0.2) is 4.98 Å². The first kappa shape index (κ1) is 21.5. The summed E-state index contributed by atoms with van der Waals surface area (Å²) < 4.78 is 11.1. The molecule has 6 nitrogen and oxygen atoms in total. The summed E-state index contributed by atoms with van der Waals surface area (Å²) in [5.74, 6) is -0.303. The Hall–Kier alpha value is -2.25. The number of nitrogens with zero attached hydrogens (tertiary/aromatic N) is 2. The number of hydrazone groups is 1. The fourth-order valence-electron chi connectivity index (χ4n) is 3.27. The Balaban J connectivity index is 1.44. The van der Waals surface area contributed by atoms with E-state index < -0.39 is 0 Å². The summed E-state index contributed by atoms with van der Waals surface area (Å²) in [7, 11) is 0. The van der Waals surface area contributed by atoms with Gasteiger partial charge in [0, 0.05) is 36.1 Å². The number of hydrogen-bond donors (Lipinski definition) is 1. The van der Waals surface area contributed by atoms with Gasteiger partial charge in [0.25, 0.3) is 0 Å². The number of carbonyl (C=O) groups is 1. The minimum Gasteiger partial charge on any atom is -0.460 e. The number of ether oxygens (including phenoxy) is 2. The van der Waals surface area contributed by atoms with E-state index in [-0.39, 0.29) is 18.0 Å². The zero-order valence-corrected chi connectivity index (χ0v) is 17.9. The number of aromatic nitrogens is 1. The molecule has 0 amide bonds. The van der Waals surface area contributed by atoms with Crippen LogP contribution < -0.4 is 5.43 Å². The van der Waals surface area contributed by atoms with Gasteiger partial charge in [0.2, 0.25) is 5.13 Å². The Labute approximate surface area is 176 Å². The number of carbonyl (C=O) groups excluding carboxylic acids is 1. The van der Waals surface area contributed by atoms with Crippen molar-refractivity contribution >= 4 is 28.1 Å². The van der Waals surface area contributed by atoms with E-state index >= 15 is 0 Å². The predicted octanol–water partition coefficient (Wildman–Crippen LogP) is 5.13. The molecular weight excluding hydrogens is 386 g/mol. The lowest BCUT2D eigenvalue weighted by molar-refractivity contribution is -0.146. The topological polar surface area (TPSA) is 72.8 Å². The lowest BCUT2D eigenvalue weighted by atomic mass is 9.99. The quantitative estimate of drug-likeness (QED) is 0.238. The third kappa shape index (κ3) is 6.65. The van der Waals surface area contributed by atoms with E-state index in [1.807, 2.05) is 42.6 Å². The van der Waals surface area contributed by atoms with Crippen LogP contribution in [0.25, 0.3) is 11.3 Å². The average Bonchev–Trinajstić information content (AvgIpc) is 3.34. The van der Waals surface area contributed by atoms with Gasteiger partial charge in [-0.1, -0.05) is 50.1 Å². The minimum absolute atomic E-state index is 0.137. The highest BCUT2D eigenvalue weighted by Crippen LogP contribution is 2.26. The number of thiazole rings is 1. The Morgan fingerprint density at radius 1 is 1.34 bits per heavy atom. The Morgan fingerprint density at radius 2 is 2.17 bits per heavy atom. The van der Waals surface area contributed by atoms with Crippen LogP contribution in [-0.2, 0) is 14.3 Å². The van der Waals surface area contributed by atoms with Gasteiger partial charge < -0.3 is 9.47 Å². The molecule has 0 radical (unpaired) electrons. The molecule has 1 aliphatic heterocycles. The van der Waals surface area contributed by atoms with Gasteiger partial charge in [0.15, 0.2) is 0 Å². The fourth-order valence-corrected chi connectivity index (χ4v) is 3.93. The standard InChI is InChI=1S/C22H29N3O3S/c1-3-4-8-11-27-14-19-13-18(21(26)28-19)12-16(2)24-25-22-23-20(15-29-22)17-9-6-5-7-10-17/h5-7,9-10,15,18-19H,3-4,8,11-14H2,1-2H3,(H,23,25). The first-order chi connectivity index (χ1) is 14.2. The van der Waals surface area contributed by atoms with E-state index in [0.29, 0.717) is 19.4 Å². The van der Waals surface area contributed by atoms with E-state index in [1.165, 1.54) is 24.2 Å². The van der Waals surface area contributed by atoms with Crippen molar-refractivity contribution in [3.8, 4) is 11.3 Å². The summed E-state index contributed by atoms with van der Waals surface area (Å²) in [6.07, 6.45) is 4.53. The second-order valence-corrected chi connectivity index (χ2v) is 8.20. The van der Waals surface area contributed by atoms with Crippen LogP contribution >= 0.6 is 11.3 Å². The summed E-state index contributed by atoms with van der Waals surface area (Å²) in [6, 6.07) is 10.0. The van der Waals surface area contributed by atoms with Crippen molar-refractivity contribution in [1.29, 1.82) is 0 Å². The van der Waals surface area contributed by atoms with Crippen LogP contribution in [0.15, 0.2) is 40.8 Å². The molecule has 3 rings (SSSR count). The van der Waals surface area contributed by atoms with E-state index in [0.717, 1.165) is 35.1 Å². The molecule has 0 bridgehead atoms. The second kappa shape index (κ2) is 11.1. The van der Waals surface area contributed by atoms with Crippen LogP contribution in [-0.4, -0.2) is 36.0 Å². The number of hydrogen-bond acceptors (Lipinski definition) is 7. The molecule has 0 aliphatic carbocycles. The summed E-state index contributed by atoms with van der Waals surface area (Å²) >= 11 is 1.51. The van der Waals surface area contributed by atoms with Crippen molar-refractivity contribution in [2.24, 2.45) is 11.0 Å². The maximum absolute atomic E-state index is 12.1. The Bertz CT molecular complexity index is 807. The third-order valence-corrected chi connectivity index (χ3v) is 5.56. The molecule has 0 saturated carbocycles. The predicted molar refractivity (Wildman–Crippen MR) is 117 cm³/mol. The van der Waals surface area contributed by atoms with Gasteiger partial charge in [0.1, 0.15) is 6.10 Å². The van der Waals surface area contributed by atoms with Gasteiger partial charge in [-0.2, -0.15) is 5.10 Å². The largest absolute Gasteiger partial charge is 0.460 e. The van der Waals surface area contributed by atoms with Crippen LogP contribution in [0.2, 0.25) is 0 Å². The molecule has 156 valence electrons. The summed E-state index contributed by atoms with van der Waals surface area (Å²) in [5.41, 5.74) is 5.86. The molecule has 1 fully saturated rings. The Kier molecular flexibility index (Phi) is 8.19. The van der Waals surface area contributed by atoms with Crippen LogP contribution in [0.4, 0.5) is 5.13 Å². The molecule has 2 heterocycles. The van der Waals surface area contributed by atoms with Crippen LogP contribution in [0.5, 0.6) is 0 Å². The number of rotatable bonds is 11. The first-order valence-corrected chi connectivity index (χ1v) is 11.1. The number of benzene rings is 1. The number of anilines is 1. The van der Waals surface area contributed by atoms with Crippen molar-refractivity contribution in [3.63, 3.8) is 0 Å². The van der Waals surface area contributed by atoms with Gasteiger partial charge in [-0.3, -0.25) is 10.2 Å². The van der Waals surface area contributed by atoms with Crippen molar-refractivity contribution in [3.05, 3.63) is 35.7 Å². The zero-order valence-electron chi connectivity index (χ0n) is 17.1. The van der Waals surface area contributed by atoms with Crippen LogP contribution in [0.1, 0.15) is 46.0 Å². The second-order valence-electron chi connectivity index (χ2n) is 7.34. The monoisotopic (exact) mass is 415 g/mol. The summed E-state index contributed by atoms with van der Waals surface area (Å²) in [4.78, 5) is 16.7. The summed E-state index contributed by atoms with van der Waals surface area (Å²) in [5, 5.41) is 7.13. The normalized spacial score (nSPS) is 19.4. The number of unbranched alkanes of at least 4 members (excludes halogenated alkanes) is 2. The van der Waals surface area contributed by atoms with E-state index in [9.17, 15) is 4.79 Å². The third-order valence-electron chi connectivity index (χ3n) is 4.82. The van der Waals surface area contributed by atoms with Crippen molar-refractivity contribution < 1.29 is 14.3 Å². The zero-order chi connectivity index (χ0) is 20.5. The Morgan fingerprint density at radius 3 is 2.97 bits per heavy atom.